The van der Waals surface area contributed by atoms with Gasteiger partial charge >= 0.3 is 0 Å². The molecule has 0 saturated carbocycles. The number of hydrogen-bond acceptors (Lipinski definition) is 3. The van der Waals surface area contributed by atoms with E-state index in [1.54, 1.807) is 0 Å². The first-order chi connectivity index (χ1) is 9.52. The molecule has 3 heteroatoms. The third-order valence-electron chi connectivity index (χ3n) is 3.83. The molecule has 0 atom stereocenters. The van der Waals surface area contributed by atoms with Crippen molar-refractivity contribution in [2.75, 3.05) is 26.2 Å². The Balaban J connectivity index is 2.05. The summed E-state index contributed by atoms with van der Waals surface area (Å²) in [5.41, 5.74) is 1.02. The van der Waals surface area contributed by atoms with Crippen LogP contribution >= 0.6 is 0 Å². The van der Waals surface area contributed by atoms with Gasteiger partial charge in [0, 0.05) is 6.54 Å². The number of carbonyl (C=O) groups excluding carboxylic acids is 1. The fraction of sp³-hybridized carbons (Fsp3) is 0.588. The molecular formula is C17H25NO2. The predicted molar refractivity (Wildman–Crippen MR) is 81.4 cm³/mol. The van der Waals surface area contributed by atoms with E-state index in [0.717, 1.165) is 13.1 Å². The average molecular weight is 275 g/mol. The molecule has 1 aromatic rings. The van der Waals surface area contributed by atoms with Crippen molar-refractivity contribution in [3.05, 3.63) is 29.8 Å². The van der Waals surface area contributed by atoms with E-state index in [0.29, 0.717) is 29.9 Å². The van der Waals surface area contributed by atoms with Gasteiger partial charge in [-0.1, -0.05) is 26.0 Å². The van der Waals surface area contributed by atoms with Crippen LogP contribution in [-0.2, 0) is 0 Å². The van der Waals surface area contributed by atoms with Gasteiger partial charge in [-0.2, -0.15) is 0 Å². The van der Waals surface area contributed by atoms with Crippen LogP contribution in [0.2, 0.25) is 0 Å². The lowest BCUT2D eigenvalue weighted by Crippen LogP contribution is -2.42. The van der Waals surface area contributed by atoms with E-state index in [1.165, 1.54) is 12.8 Å². The highest BCUT2D eigenvalue weighted by molar-refractivity contribution is 6.00. The molecule has 1 heterocycles. The Bertz CT molecular complexity index is 468. The van der Waals surface area contributed by atoms with Gasteiger partial charge in [0.25, 0.3) is 0 Å². The summed E-state index contributed by atoms with van der Waals surface area (Å²) in [5, 5.41) is 0. The number of ketones is 1. The average Bonchev–Trinajstić information content (AvgIpc) is 2.38. The first-order valence-corrected chi connectivity index (χ1v) is 7.49. The SMILES string of the molecule is CCOc1ccccc1C(=O)CN1CCCC(C)(C)C1. The van der Waals surface area contributed by atoms with Crippen molar-refractivity contribution >= 4 is 5.78 Å². The lowest BCUT2D eigenvalue weighted by Gasteiger charge is -2.37. The number of likely N-dealkylation sites (tertiary alicyclic amines) is 1. The van der Waals surface area contributed by atoms with E-state index in [-0.39, 0.29) is 5.78 Å². The molecule has 20 heavy (non-hydrogen) atoms. The summed E-state index contributed by atoms with van der Waals surface area (Å²) in [4.78, 5) is 14.8. The number of nitrogens with zero attached hydrogens (tertiary/aromatic N) is 1. The third kappa shape index (κ3) is 3.83. The second-order valence-electron chi connectivity index (χ2n) is 6.33. The normalized spacial score (nSPS) is 18.8. The molecule has 1 saturated heterocycles. The van der Waals surface area contributed by atoms with Gasteiger partial charge in [-0.15, -0.1) is 0 Å². The number of benzene rings is 1. The van der Waals surface area contributed by atoms with Crippen molar-refractivity contribution in [2.45, 2.75) is 33.6 Å². The quantitative estimate of drug-likeness (QED) is 0.771. The van der Waals surface area contributed by atoms with Crippen molar-refractivity contribution in [3.63, 3.8) is 0 Å². The maximum atomic E-state index is 12.5. The summed E-state index contributed by atoms with van der Waals surface area (Å²) in [6, 6.07) is 7.54. The minimum atomic E-state index is 0.159. The highest BCUT2D eigenvalue weighted by Gasteiger charge is 2.27. The van der Waals surface area contributed by atoms with Crippen molar-refractivity contribution in [3.8, 4) is 5.75 Å². The third-order valence-corrected chi connectivity index (χ3v) is 3.83. The van der Waals surface area contributed by atoms with Gasteiger partial charge in [-0.3, -0.25) is 9.69 Å². The number of Topliss-reactive ketones (excluding diaryl/α,β-unsaturated/α-hetero) is 1. The molecule has 0 unspecified atom stereocenters. The second-order valence-corrected chi connectivity index (χ2v) is 6.33. The number of carbonyl (C=O) groups is 1. The van der Waals surface area contributed by atoms with Crippen LogP contribution in [0.4, 0.5) is 0 Å². The number of piperidine rings is 1. The van der Waals surface area contributed by atoms with Gasteiger partial charge in [0.2, 0.25) is 0 Å². The Labute approximate surface area is 121 Å². The predicted octanol–water partition coefficient (Wildman–Crippen LogP) is 3.39. The molecular weight excluding hydrogens is 250 g/mol. The monoisotopic (exact) mass is 275 g/mol. The molecule has 1 fully saturated rings. The van der Waals surface area contributed by atoms with Gasteiger partial charge in [-0.25, -0.2) is 0 Å². The minimum Gasteiger partial charge on any atom is -0.493 e. The zero-order chi connectivity index (χ0) is 14.6. The number of rotatable bonds is 5. The van der Waals surface area contributed by atoms with Crippen molar-refractivity contribution < 1.29 is 9.53 Å². The molecule has 0 bridgehead atoms. The van der Waals surface area contributed by atoms with Crippen molar-refractivity contribution in [1.29, 1.82) is 0 Å². The Kier molecular flexibility index (Phi) is 4.81. The molecule has 0 amide bonds. The number of ether oxygens (including phenoxy) is 1. The molecule has 110 valence electrons. The number of hydrogen-bond donors (Lipinski definition) is 0. The number of para-hydroxylation sites is 1. The molecule has 3 nitrogen and oxygen atoms in total. The van der Waals surface area contributed by atoms with Gasteiger partial charge < -0.3 is 4.74 Å². The molecule has 0 spiro atoms. The Morgan fingerprint density at radius 1 is 1.35 bits per heavy atom. The summed E-state index contributed by atoms with van der Waals surface area (Å²) in [5.74, 6) is 0.864. The topological polar surface area (TPSA) is 29.5 Å². The fourth-order valence-corrected chi connectivity index (χ4v) is 2.95. The zero-order valence-corrected chi connectivity index (χ0v) is 12.8. The van der Waals surface area contributed by atoms with Crippen LogP contribution in [0.15, 0.2) is 24.3 Å². The summed E-state index contributed by atoms with van der Waals surface area (Å²) in [6.07, 6.45) is 2.42. The van der Waals surface area contributed by atoms with Crippen LogP contribution in [-0.4, -0.2) is 36.9 Å². The smallest absolute Gasteiger partial charge is 0.180 e. The van der Waals surface area contributed by atoms with Crippen LogP contribution in [0.3, 0.4) is 0 Å². The van der Waals surface area contributed by atoms with Crippen LogP contribution < -0.4 is 4.74 Å². The second kappa shape index (κ2) is 6.40. The van der Waals surface area contributed by atoms with Gasteiger partial charge in [0.15, 0.2) is 5.78 Å². The van der Waals surface area contributed by atoms with Crippen LogP contribution in [0.1, 0.15) is 44.0 Å². The highest BCUT2D eigenvalue weighted by atomic mass is 16.5. The molecule has 0 aromatic heterocycles. The Hall–Kier alpha value is -1.35. The van der Waals surface area contributed by atoms with E-state index in [4.69, 9.17) is 4.74 Å². The summed E-state index contributed by atoms with van der Waals surface area (Å²) in [6.45, 7) is 9.58. The molecule has 0 aliphatic carbocycles. The molecule has 1 aliphatic heterocycles. The summed E-state index contributed by atoms with van der Waals surface area (Å²) in [7, 11) is 0. The lowest BCUT2D eigenvalue weighted by molar-refractivity contribution is 0.0807. The highest BCUT2D eigenvalue weighted by Crippen LogP contribution is 2.28. The zero-order valence-electron chi connectivity index (χ0n) is 12.8. The van der Waals surface area contributed by atoms with E-state index in [1.807, 2.05) is 31.2 Å². The fourth-order valence-electron chi connectivity index (χ4n) is 2.95. The van der Waals surface area contributed by atoms with E-state index >= 15 is 0 Å². The maximum absolute atomic E-state index is 12.5. The molecule has 1 aromatic carbocycles. The molecule has 1 aliphatic rings. The summed E-state index contributed by atoms with van der Waals surface area (Å²) < 4.78 is 5.55. The summed E-state index contributed by atoms with van der Waals surface area (Å²) >= 11 is 0. The molecule has 2 rings (SSSR count). The van der Waals surface area contributed by atoms with E-state index in [2.05, 4.69) is 18.7 Å². The van der Waals surface area contributed by atoms with Gasteiger partial charge in [-0.05, 0) is 43.9 Å². The van der Waals surface area contributed by atoms with Crippen LogP contribution in [0.25, 0.3) is 0 Å². The minimum absolute atomic E-state index is 0.159. The standard InChI is InChI=1S/C17H25NO2/c1-4-20-16-9-6-5-8-14(16)15(19)12-18-11-7-10-17(2,3)13-18/h5-6,8-9H,4,7,10-13H2,1-3H3. The van der Waals surface area contributed by atoms with E-state index in [9.17, 15) is 4.79 Å². The van der Waals surface area contributed by atoms with Gasteiger partial charge in [0.1, 0.15) is 5.75 Å². The van der Waals surface area contributed by atoms with E-state index < -0.39 is 0 Å². The van der Waals surface area contributed by atoms with Crippen molar-refractivity contribution in [2.24, 2.45) is 5.41 Å². The van der Waals surface area contributed by atoms with Crippen LogP contribution in [0.5, 0.6) is 5.75 Å². The first-order valence-electron chi connectivity index (χ1n) is 7.49. The Morgan fingerprint density at radius 3 is 2.80 bits per heavy atom. The first kappa shape index (κ1) is 15.0. The van der Waals surface area contributed by atoms with Gasteiger partial charge in [0.05, 0.1) is 18.7 Å². The maximum Gasteiger partial charge on any atom is 0.180 e. The lowest BCUT2D eigenvalue weighted by atomic mass is 9.84. The molecule has 0 N–H and O–H groups in total. The largest absolute Gasteiger partial charge is 0.493 e. The van der Waals surface area contributed by atoms with Crippen molar-refractivity contribution in [1.82, 2.24) is 4.90 Å². The Morgan fingerprint density at radius 2 is 2.10 bits per heavy atom. The molecule has 0 radical (unpaired) electrons. The van der Waals surface area contributed by atoms with Crippen LogP contribution in [0, 0.1) is 5.41 Å².